The molecule has 2 aromatic rings. The zero-order chi connectivity index (χ0) is 19.4. The van der Waals surface area contributed by atoms with E-state index in [1.807, 2.05) is 58.0 Å². The van der Waals surface area contributed by atoms with Crippen molar-refractivity contribution in [2.24, 2.45) is 0 Å². The molecule has 2 rings (SSSR count). The van der Waals surface area contributed by atoms with Gasteiger partial charge in [-0.3, -0.25) is 9.59 Å². The number of benzene rings is 2. The summed E-state index contributed by atoms with van der Waals surface area (Å²) in [7, 11) is 0. The van der Waals surface area contributed by atoms with E-state index in [9.17, 15) is 9.59 Å². The molecular formula is C22H28N2O2. The molecule has 1 N–H and O–H groups in total. The van der Waals surface area contributed by atoms with Gasteiger partial charge in [-0.25, -0.2) is 0 Å². The second kappa shape index (κ2) is 8.17. The number of carbonyl (C=O) groups excluding carboxylic acids is 2. The molecule has 0 aliphatic rings. The van der Waals surface area contributed by atoms with Gasteiger partial charge in [0.1, 0.15) is 6.54 Å². The predicted octanol–water partition coefficient (Wildman–Crippen LogP) is 4.47. The number of anilines is 2. The zero-order valence-corrected chi connectivity index (χ0v) is 16.6. The van der Waals surface area contributed by atoms with Crippen LogP contribution in [0.5, 0.6) is 0 Å². The van der Waals surface area contributed by atoms with Gasteiger partial charge in [-0.1, -0.05) is 42.8 Å². The van der Waals surface area contributed by atoms with Crippen LogP contribution in [0.15, 0.2) is 30.3 Å². The summed E-state index contributed by atoms with van der Waals surface area (Å²) in [5.41, 5.74) is 6.94. The number of hydrogen-bond donors (Lipinski definition) is 1. The van der Waals surface area contributed by atoms with Gasteiger partial charge in [-0.05, 0) is 56.4 Å². The van der Waals surface area contributed by atoms with Crippen molar-refractivity contribution in [2.45, 2.75) is 48.0 Å². The maximum Gasteiger partial charge on any atom is 0.244 e. The summed E-state index contributed by atoms with van der Waals surface area (Å²) in [5, 5.41) is 2.98. The van der Waals surface area contributed by atoms with Crippen molar-refractivity contribution < 1.29 is 9.59 Å². The predicted molar refractivity (Wildman–Crippen MR) is 108 cm³/mol. The van der Waals surface area contributed by atoms with Crippen LogP contribution < -0.4 is 10.2 Å². The average molecular weight is 352 g/mol. The second-order valence-corrected chi connectivity index (χ2v) is 6.86. The minimum absolute atomic E-state index is 0.0000565. The first-order chi connectivity index (χ1) is 12.2. The Balaban J connectivity index is 2.30. The maximum atomic E-state index is 12.7. The molecular weight excluding hydrogens is 324 g/mol. The fraction of sp³-hybridized carbons (Fsp3) is 0.364. The molecule has 2 amide bonds. The number of nitrogens with one attached hydrogen (secondary N) is 1. The largest absolute Gasteiger partial charge is 0.324 e. The van der Waals surface area contributed by atoms with Crippen LogP contribution in [0, 0.1) is 27.7 Å². The van der Waals surface area contributed by atoms with E-state index < -0.39 is 0 Å². The summed E-state index contributed by atoms with van der Waals surface area (Å²) in [6, 6.07) is 10.0. The van der Waals surface area contributed by atoms with Crippen molar-refractivity contribution in [1.82, 2.24) is 0 Å². The van der Waals surface area contributed by atoms with Gasteiger partial charge in [0.15, 0.2) is 0 Å². The highest BCUT2D eigenvalue weighted by molar-refractivity contribution is 6.03. The molecule has 0 heterocycles. The highest BCUT2D eigenvalue weighted by Crippen LogP contribution is 2.27. The Morgan fingerprint density at radius 1 is 1.00 bits per heavy atom. The van der Waals surface area contributed by atoms with Crippen LogP contribution in [0.1, 0.15) is 41.7 Å². The van der Waals surface area contributed by atoms with E-state index in [0.717, 1.165) is 45.6 Å². The van der Waals surface area contributed by atoms with Crippen molar-refractivity contribution in [1.29, 1.82) is 0 Å². The molecule has 2 aromatic carbocycles. The molecule has 0 unspecified atom stereocenters. The Bertz CT molecular complexity index is 817. The number of para-hydroxylation sites is 1. The zero-order valence-electron chi connectivity index (χ0n) is 16.6. The summed E-state index contributed by atoms with van der Waals surface area (Å²) in [6.45, 7) is 11.5. The number of carbonyl (C=O) groups is 2. The molecule has 0 bridgehead atoms. The first-order valence-electron chi connectivity index (χ1n) is 8.98. The molecule has 0 fully saturated rings. The lowest BCUT2D eigenvalue weighted by Crippen LogP contribution is -2.38. The summed E-state index contributed by atoms with van der Waals surface area (Å²) in [5.74, 6) is -0.331. The lowest BCUT2D eigenvalue weighted by molar-refractivity contribution is -0.120. The van der Waals surface area contributed by atoms with Crippen molar-refractivity contribution in [2.75, 3.05) is 16.8 Å². The molecule has 0 aliphatic heterocycles. The molecule has 0 saturated carbocycles. The van der Waals surface area contributed by atoms with Crippen LogP contribution in [0.4, 0.5) is 11.4 Å². The van der Waals surface area contributed by atoms with Crippen LogP contribution in [-0.2, 0) is 16.0 Å². The fourth-order valence-electron chi connectivity index (χ4n) is 3.44. The van der Waals surface area contributed by atoms with Crippen molar-refractivity contribution in [3.63, 3.8) is 0 Å². The van der Waals surface area contributed by atoms with Gasteiger partial charge < -0.3 is 10.2 Å². The van der Waals surface area contributed by atoms with Crippen molar-refractivity contribution in [3.05, 3.63) is 58.1 Å². The third kappa shape index (κ3) is 4.31. The van der Waals surface area contributed by atoms with Gasteiger partial charge in [-0.2, -0.15) is 0 Å². The highest BCUT2D eigenvalue weighted by atomic mass is 16.2. The third-order valence-electron chi connectivity index (χ3n) is 4.60. The average Bonchev–Trinajstić information content (AvgIpc) is 2.55. The monoisotopic (exact) mass is 352 g/mol. The Morgan fingerprint density at radius 2 is 1.62 bits per heavy atom. The summed E-state index contributed by atoms with van der Waals surface area (Å²) < 4.78 is 0. The van der Waals surface area contributed by atoms with Crippen LogP contribution in [0.2, 0.25) is 0 Å². The standard InChI is InChI=1S/C22H28N2O2/c1-7-19-10-8-9-15(3)22(19)24(18(6)25)13-20(26)23-21-16(4)11-14(2)12-17(21)5/h8-12H,7,13H2,1-6H3,(H,23,26). The van der Waals surface area contributed by atoms with Crippen LogP contribution >= 0.6 is 0 Å². The minimum atomic E-state index is -0.194. The van der Waals surface area contributed by atoms with Gasteiger partial charge >= 0.3 is 0 Å². The Hall–Kier alpha value is -2.62. The van der Waals surface area contributed by atoms with E-state index in [1.165, 1.54) is 6.92 Å². The van der Waals surface area contributed by atoms with Crippen molar-refractivity contribution >= 4 is 23.2 Å². The van der Waals surface area contributed by atoms with E-state index in [-0.39, 0.29) is 18.4 Å². The summed E-state index contributed by atoms with van der Waals surface area (Å²) in [6.07, 6.45) is 0.804. The Labute approximate surface area is 156 Å². The molecule has 4 nitrogen and oxygen atoms in total. The molecule has 0 atom stereocenters. The SMILES string of the molecule is CCc1cccc(C)c1N(CC(=O)Nc1c(C)cc(C)cc1C)C(C)=O. The number of nitrogens with zero attached hydrogens (tertiary/aromatic N) is 1. The van der Waals surface area contributed by atoms with Crippen LogP contribution in [0.25, 0.3) is 0 Å². The molecule has 0 aliphatic carbocycles. The summed E-state index contributed by atoms with van der Waals surface area (Å²) in [4.78, 5) is 26.5. The van der Waals surface area contributed by atoms with E-state index in [1.54, 1.807) is 4.90 Å². The Morgan fingerprint density at radius 3 is 2.15 bits per heavy atom. The molecule has 0 radical (unpaired) electrons. The van der Waals surface area contributed by atoms with Crippen LogP contribution in [0.3, 0.4) is 0 Å². The second-order valence-electron chi connectivity index (χ2n) is 6.86. The topological polar surface area (TPSA) is 49.4 Å². The molecule has 138 valence electrons. The number of amides is 2. The quantitative estimate of drug-likeness (QED) is 0.863. The number of aryl methyl sites for hydroxylation is 5. The fourth-order valence-corrected chi connectivity index (χ4v) is 3.44. The van der Waals surface area contributed by atoms with E-state index >= 15 is 0 Å². The number of hydrogen-bond acceptors (Lipinski definition) is 2. The number of rotatable bonds is 5. The maximum absolute atomic E-state index is 12.7. The Kier molecular flexibility index (Phi) is 6.19. The molecule has 4 heteroatoms. The normalized spacial score (nSPS) is 10.5. The van der Waals surface area contributed by atoms with Crippen LogP contribution in [-0.4, -0.2) is 18.4 Å². The van der Waals surface area contributed by atoms with Gasteiger partial charge in [0, 0.05) is 12.6 Å². The van der Waals surface area contributed by atoms with Gasteiger partial charge in [0.2, 0.25) is 11.8 Å². The van der Waals surface area contributed by atoms with E-state index in [4.69, 9.17) is 0 Å². The molecule has 0 saturated heterocycles. The smallest absolute Gasteiger partial charge is 0.244 e. The first-order valence-corrected chi connectivity index (χ1v) is 8.98. The lowest BCUT2D eigenvalue weighted by atomic mass is 10.0. The molecule has 0 spiro atoms. The molecule has 26 heavy (non-hydrogen) atoms. The van der Waals surface area contributed by atoms with E-state index in [0.29, 0.717) is 0 Å². The minimum Gasteiger partial charge on any atom is -0.324 e. The van der Waals surface area contributed by atoms with Gasteiger partial charge in [-0.15, -0.1) is 0 Å². The van der Waals surface area contributed by atoms with E-state index in [2.05, 4.69) is 12.2 Å². The first kappa shape index (κ1) is 19.7. The molecule has 0 aromatic heterocycles. The lowest BCUT2D eigenvalue weighted by Gasteiger charge is -2.25. The van der Waals surface area contributed by atoms with Crippen molar-refractivity contribution in [3.8, 4) is 0 Å². The third-order valence-corrected chi connectivity index (χ3v) is 4.60. The highest BCUT2D eigenvalue weighted by Gasteiger charge is 2.20. The van der Waals surface area contributed by atoms with Gasteiger partial charge in [0.25, 0.3) is 0 Å². The summed E-state index contributed by atoms with van der Waals surface area (Å²) >= 11 is 0. The van der Waals surface area contributed by atoms with Gasteiger partial charge in [0.05, 0.1) is 5.69 Å².